The van der Waals surface area contributed by atoms with Crippen molar-refractivity contribution in [2.45, 2.75) is 13.5 Å². The molecule has 2 aromatic rings. The van der Waals surface area contributed by atoms with Crippen molar-refractivity contribution in [3.05, 3.63) is 63.1 Å². The van der Waals surface area contributed by atoms with Crippen LogP contribution in [0.1, 0.15) is 18.1 Å². The average molecular weight is 427 g/mol. The molecule has 0 amide bonds. The lowest BCUT2D eigenvalue weighted by Gasteiger charge is -2.10. The summed E-state index contributed by atoms with van der Waals surface area (Å²) in [7, 11) is 0. The highest BCUT2D eigenvalue weighted by atomic mass is 79.9. The molecule has 0 aliphatic heterocycles. The molecule has 0 unspecified atom stereocenters. The fraction of sp³-hybridized carbons (Fsp3) is 0.176. The Labute approximate surface area is 160 Å². The van der Waals surface area contributed by atoms with Crippen LogP contribution < -0.4 is 15.5 Å². The summed E-state index contributed by atoms with van der Waals surface area (Å²) < 4.78 is 6.65. The van der Waals surface area contributed by atoms with Crippen molar-refractivity contribution in [2.24, 2.45) is 5.10 Å². The lowest BCUT2D eigenvalue weighted by molar-refractivity contribution is 0.304. The zero-order valence-corrected chi connectivity index (χ0v) is 16.2. The third-order valence-corrected chi connectivity index (χ3v) is 4.24. The number of thiocarbonyl (C=S) groups is 1. The van der Waals surface area contributed by atoms with Gasteiger partial charge in [-0.05, 0) is 64.9 Å². The maximum absolute atomic E-state index is 6.13. The lowest BCUT2D eigenvalue weighted by atomic mass is 10.2. The van der Waals surface area contributed by atoms with Crippen molar-refractivity contribution in [1.82, 2.24) is 10.7 Å². The second kappa shape index (κ2) is 9.61. The normalized spacial score (nSPS) is 10.6. The van der Waals surface area contributed by atoms with Crippen molar-refractivity contribution in [1.29, 1.82) is 0 Å². The minimum atomic E-state index is 0.407. The number of benzene rings is 2. The molecule has 0 radical (unpaired) electrons. The number of nitrogens with one attached hydrogen (secondary N) is 2. The number of ether oxygens (including phenoxy) is 1. The van der Waals surface area contributed by atoms with Crippen LogP contribution in [0.5, 0.6) is 5.75 Å². The van der Waals surface area contributed by atoms with Crippen LogP contribution in [0.15, 0.2) is 52.0 Å². The Morgan fingerprint density at radius 1 is 1.33 bits per heavy atom. The molecule has 0 heterocycles. The molecule has 0 fully saturated rings. The summed E-state index contributed by atoms with van der Waals surface area (Å²) >= 11 is 14.7. The third-order valence-electron chi connectivity index (χ3n) is 3.01. The van der Waals surface area contributed by atoms with E-state index in [1.54, 1.807) is 6.21 Å². The largest absolute Gasteiger partial charge is 0.488 e. The fourth-order valence-corrected chi connectivity index (χ4v) is 2.75. The van der Waals surface area contributed by atoms with E-state index in [1.165, 1.54) is 0 Å². The van der Waals surface area contributed by atoms with E-state index in [-0.39, 0.29) is 0 Å². The van der Waals surface area contributed by atoms with Gasteiger partial charge in [-0.1, -0.05) is 29.8 Å². The van der Waals surface area contributed by atoms with Gasteiger partial charge in [0.25, 0.3) is 0 Å². The van der Waals surface area contributed by atoms with Gasteiger partial charge >= 0.3 is 0 Å². The summed E-state index contributed by atoms with van der Waals surface area (Å²) in [6, 6.07) is 13.3. The summed E-state index contributed by atoms with van der Waals surface area (Å²) in [5, 5.41) is 8.22. The molecule has 7 heteroatoms. The maximum Gasteiger partial charge on any atom is 0.186 e. The summed E-state index contributed by atoms with van der Waals surface area (Å²) in [5.41, 5.74) is 4.61. The topological polar surface area (TPSA) is 45.7 Å². The van der Waals surface area contributed by atoms with Crippen molar-refractivity contribution in [3.63, 3.8) is 0 Å². The van der Waals surface area contributed by atoms with Crippen LogP contribution >= 0.6 is 39.7 Å². The smallest absolute Gasteiger partial charge is 0.186 e. The van der Waals surface area contributed by atoms with Gasteiger partial charge in [-0.15, -0.1) is 0 Å². The van der Waals surface area contributed by atoms with E-state index >= 15 is 0 Å². The van der Waals surface area contributed by atoms with E-state index in [9.17, 15) is 0 Å². The molecule has 0 bridgehead atoms. The van der Waals surface area contributed by atoms with Crippen LogP contribution in [-0.4, -0.2) is 17.9 Å². The second-order valence-electron chi connectivity index (χ2n) is 4.80. The van der Waals surface area contributed by atoms with Gasteiger partial charge in [-0.25, -0.2) is 0 Å². The fourth-order valence-electron chi connectivity index (χ4n) is 1.85. The number of hydrazone groups is 1. The van der Waals surface area contributed by atoms with Gasteiger partial charge in [0.15, 0.2) is 5.11 Å². The number of rotatable bonds is 6. The second-order valence-corrected chi connectivity index (χ2v) is 6.47. The van der Waals surface area contributed by atoms with Gasteiger partial charge < -0.3 is 10.1 Å². The minimum absolute atomic E-state index is 0.407. The van der Waals surface area contributed by atoms with Crippen molar-refractivity contribution in [2.75, 3.05) is 6.54 Å². The van der Waals surface area contributed by atoms with Crippen LogP contribution in [0, 0.1) is 0 Å². The molecule has 24 heavy (non-hydrogen) atoms. The van der Waals surface area contributed by atoms with Crippen LogP contribution in [-0.2, 0) is 6.61 Å². The molecule has 0 aliphatic rings. The predicted molar refractivity (Wildman–Crippen MR) is 107 cm³/mol. The van der Waals surface area contributed by atoms with E-state index in [2.05, 4.69) is 31.8 Å². The first kappa shape index (κ1) is 18.7. The molecular weight excluding hydrogens is 410 g/mol. The first-order chi connectivity index (χ1) is 11.6. The van der Waals surface area contributed by atoms with Crippen LogP contribution in [0.2, 0.25) is 5.02 Å². The first-order valence-corrected chi connectivity index (χ1v) is 8.90. The average Bonchev–Trinajstić information content (AvgIpc) is 2.56. The van der Waals surface area contributed by atoms with Gasteiger partial charge in [-0.3, -0.25) is 5.43 Å². The highest BCUT2D eigenvalue weighted by Gasteiger charge is 2.04. The summed E-state index contributed by atoms with van der Waals surface area (Å²) in [5.74, 6) is 0.739. The molecule has 2 rings (SSSR count). The van der Waals surface area contributed by atoms with Crippen molar-refractivity contribution < 1.29 is 4.74 Å². The highest BCUT2D eigenvalue weighted by molar-refractivity contribution is 9.10. The summed E-state index contributed by atoms with van der Waals surface area (Å²) in [4.78, 5) is 0. The van der Waals surface area contributed by atoms with E-state index in [4.69, 9.17) is 28.6 Å². The Hall–Kier alpha value is -1.63. The van der Waals surface area contributed by atoms with E-state index in [0.29, 0.717) is 16.7 Å². The monoisotopic (exact) mass is 425 g/mol. The molecular formula is C17H17BrClN3OS. The summed E-state index contributed by atoms with van der Waals surface area (Å²) in [6.45, 7) is 3.13. The van der Waals surface area contributed by atoms with Crippen LogP contribution in [0.3, 0.4) is 0 Å². The Kier molecular flexibility index (Phi) is 7.49. The molecule has 0 aliphatic carbocycles. The number of hydrogen-bond donors (Lipinski definition) is 2. The van der Waals surface area contributed by atoms with E-state index in [1.807, 2.05) is 49.4 Å². The van der Waals surface area contributed by atoms with Gasteiger partial charge in [-0.2, -0.15) is 5.10 Å². The van der Waals surface area contributed by atoms with Gasteiger partial charge in [0.1, 0.15) is 12.4 Å². The maximum atomic E-state index is 6.13. The van der Waals surface area contributed by atoms with Gasteiger partial charge in [0.05, 0.1) is 10.7 Å². The zero-order valence-electron chi connectivity index (χ0n) is 13.1. The molecule has 0 spiro atoms. The molecule has 2 N–H and O–H groups in total. The minimum Gasteiger partial charge on any atom is -0.488 e. The van der Waals surface area contributed by atoms with Gasteiger partial charge in [0.2, 0.25) is 0 Å². The van der Waals surface area contributed by atoms with Crippen molar-refractivity contribution >= 4 is 51.1 Å². The number of nitrogens with zero attached hydrogens (tertiary/aromatic N) is 1. The first-order valence-electron chi connectivity index (χ1n) is 7.32. The molecule has 4 nitrogen and oxygen atoms in total. The Morgan fingerprint density at radius 2 is 2.12 bits per heavy atom. The molecule has 0 saturated carbocycles. The Balaban J connectivity index is 1.95. The van der Waals surface area contributed by atoms with Crippen molar-refractivity contribution in [3.8, 4) is 5.75 Å². The molecule has 126 valence electrons. The Morgan fingerprint density at radius 3 is 2.83 bits per heavy atom. The van der Waals surface area contributed by atoms with E-state index in [0.717, 1.165) is 27.9 Å². The van der Waals surface area contributed by atoms with E-state index < -0.39 is 0 Å². The zero-order chi connectivity index (χ0) is 17.4. The standard InChI is InChI=1S/C17H17BrClN3OS/c1-2-20-17(24)22-21-10-12-7-8-16(14(18)9-12)23-11-13-5-3-4-6-15(13)19/h3-10H,2,11H2,1H3,(H2,20,22,24)/b21-10-. The molecule has 0 saturated heterocycles. The van der Waals surface area contributed by atoms with Crippen LogP contribution in [0.25, 0.3) is 0 Å². The quantitative estimate of drug-likeness (QED) is 0.405. The number of halogens is 2. The molecule has 0 aromatic heterocycles. The molecule has 0 atom stereocenters. The number of hydrogen-bond acceptors (Lipinski definition) is 3. The predicted octanol–water partition coefficient (Wildman–Crippen LogP) is 4.50. The summed E-state index contributed by atoms with van der Waals surface area (Å²) in [6.07, 6.45) is 1.69. The molecule has 2 aromatic carbocycles. The van der Waals surface area contributed by atoms with Crippen LogP contribution in [0.4, 0.5) is 0 Å². The SMILES string of the molecule is CCNC(=S)N/N=C\c1ccc(OCc2ccccc2Cl)c(Br)c1. The third kappa shape index (κ3) is 5.78. The van der Waals surface area contributed by atoms with Gasteiger partial charge in [0, 0.05) is 17.1 Å². The Bertz CT molecular complexity index is 740. The lowest BCUT2D eigenvalue weighted by Crippen LogP contribution is -2.31. The highest BCUT2D eigenvalue weighted by Crippen LogP contribution is 2.27.